The lowest BCUT2D eigenvalue weighted by molar-refractivity contribution is -0.289. The average Bonchev–Trinajstić information content (AvgIpc) is 3.48. The number of rotatable bonds is 6. The molecule has 4 aliphatic carbocycles. The zero-order valence-corrected chi connectivity index (χ0v) is 25.2. The average molecular weight is 591 g/mol. The predicted octanol–water partition coefficient (Wildman–Crippen LogP) is 3.00. The summed E-state index contributed by atoms with van der Waals surface area (Å²) in [5.74, 6) is -0.871. The second-order valence-electron chi connectivity index (χ2n) is 14.1. The molecule has 0 aromatic carbocycles. The fraction of sp³-hybridized carbons (Fsp3) is 0.844. The predicted molar refractivity (Wildman–Crippen MR) is 148 cm³/mol. The van der Waals surface area contributed by atoms with Crippen molar-refractivity contribution in [2.45, 2.75) is 127 Å². The molecule has 0 radical (unpaired) electrons. The van der Waals surface area contributed by atoms with Gasteiger partial charge < -0.3 is 38.7 Å². The summed E-state index contributed by atoms with van der Waals surface area (Å²) in [7, 11) is 1.57. The number of methoxy groups -OCH3 is 1. The molecule has 0 aromatic rings. The third-order valence-electron chi connectivity index (χ3n) is 12.4. The van der Waals surface area contributed by atoms with Gasteiger partial charge in [-0.05, 0) is 81.6 Å². The minimum absolute atomic E-state index is 0.0706. The van der Waals surface area contributed by atoms with Crippen molar-refractivity contribution < 1.29 is 48.3 Å². The number of carbonyl (C=O) groups excluding carboxylic acids is 3. The molecule has 0 spiro atoms. The molecule has 2 N–H and O–H groups in total. The molecule has 10 nitrogen and oxygen atoms in total. The number of ether oxygens (including phenoxy) is 5. The van der Waals surface area contributed by atoms with Gasteiger partial charge >= 0.3 is 11.9 Å². The van der Waals surface area contributed by atoms with Crippen LogP contribution in [0.3, 0.4) is 0 Å². The molecule has 6 rings (SSSR count). The zero-order chi connectivity index (χ0) is 30.1. The number of esters is 2. The van der Waals surface area contributed by atoms with E-state index in [1.54, 1.807) is 13.2 Å². The minimum Gasteiger partial charge on any atom is -0.458 e. The molecule has 0 aromatic heterocycles. The molecule has 2 aliphatic heterocycles. The maximum Gasteiger partial charge on any atom is 0.331 e. The smallest absolute Gasteiger partial charge is 0.331 e. The first kappa shape index (κ1) is 30.2. The highest BCUT2D eigenvalue weighted by atomic mass is 16.7. The van der Waals surface area contributed by atoms with E-state index in [4.69, 9.17) is 23.7 Å². The van der Waals surface area contributed by atoms with Crippen LogP contribution in [-0.4, -0.2) is 84.1 Å². The second-order valence-corrected chi connectivity index (χ2v) is 14.1. The number of aldehydes is 1. The van der Waals surface area contributed by atoms with E-state index < -0.39 is 46.5 Å². The Morgan fingerprint density at radius 3 is 2.52 bits per heavy atom. The van der Waals surface area contributed by atoms with Crippen LogP contribution in [0.2, 0.25) is 0 Å². The molecule has 10 heteroatoms. The van der Waals surface area contributed by atoms with Crippen molar-refractivity contribution in [3.63, 3.8) is 0 Å². The maximum atomic E-state index is 13.1. The van der Waals surface area contributed by atoms with Crippen LogP contribution in [0.1, 0.15) is 85.0 Å². The van der Waals surface area contributed by atoms with E-state index in [1.807, 2.05) is 6.92 Å². The summed E-state index contributed by atoms with van der Waals surface area (Å²) >= 11 is 0. The van der Waals surface area contributed by atoms with Crippen molar-refractivity contribution >= 4 is 18.2 Å². The lowest BCUT2D eigenvalue weighted by atomic mass is 9.41. The molecular weight excluding hydrogens is 544 g/mol. The Morgan fingerprint density at radius 2 is 1.86 bits per heavy atom. The Bertz CT molecular complexity index is 1140. The minimum atomic E-state index is -1.24. The van der Waals surface area contributed by atoms with Crippen molar-refractivity contribution in [2.24, 2.45) is 28.6 Å². The lowest BCUT2D eigenvalue weighted by Crippen LogP contribution is -2.69. The van der Waals surface area contributed by atoms with Crippen LogP contribution in [0.15, 0.2) is 11.6 Å². The summed E-state index contributed by atoms with van der Waals surface area (Å²) in [6, 6.07) is 0. The quantitative estimate of drug-likeness (QED) is 0.270. The zero-order valence-electron chi connectivity index (χ0n) is 25.2. The van der Waals surface area contributed by atoms with Crippen LogP contribution < -0.4 is 0 Å². The molecular formula is C32H46O10. The van der Waals surface area contributed by atoms with E-state index in [0.717, 1.165) is 31.1 Å². The van der Waals surface area contributed by atoms with Gasteiger partial charge in [-0.2, -0.15) is 0 Å². The molecule has 2 heterocycles. The van der Waals surface area contributed by atoms with Gasteiger partial charge in [-0.3, -0.25) is 4.79 Å². The third kappa shape index (κ3) is 4.42. The van der Waals surface area contributed by atoms with Crippen LogP contribution in [0, 0.1) is 28.6 Å². The number of cyclic esters (lactones) is 1. The lowest BCUT2D eigenvalue weighted by Gasteiger charge is -2.65. The van der Waals surface area contributed by atoms with Crippen LogP contribution in [0.5, 0.6) is 0 Å². The largest absolute Gasteiger partial charge is 0.458 e. The van der Waals surface area contributed by atoms with Gasteiger partial charge in [0.2, 0.25) is 0 Å². The van der Waals surface area contributed by atoms with Gasteiger partial charge in [0.25, 0.3) is 0 Å². The topological polar surface area (TPSA) is 138 Å². The normalized spacial score (nSPS) is 50.1. The van der Waals surface area contributed by atoms with E-state index in [2.05, 4.69) is 6.92 Å². The molecule has 6 aliphatic rings. The van der Waals surface area contributed by atoms with Crippen LogP contribution in [0.25, 0.3) is 0 Å². The highest BCUT2D eigenvalue weighted by molar-refractivity contribution is 5.85. The molecule has 12 atom stereocenters. The Hall–Kier alpha value is -1.85. The summed E-state index contributed by atoms with van der Waals surface area (Å²) in [6.07, 6.45) is 6.06. The van der Waals surface area contributed by atoms with E-state index in [1.165, 1.54) is 6.92 Å². The maximum absolute atomic E-state index is 13.1. The fourth-order valence-corrected chi connectivity index (χ4v) is 10.3. The first-order valence-electron chi connectivity index (χ1n) is 15.7. The molecule has 1 saturated heterocycles. The Morgan fingerprint density at radius 1 is 1.10 bits per heavy atom. The van der Waals surface area contributed by atoms with Gasteiger partial charge in [-0.1, -0.05) is 6.92 Å². The molecule has 234 valence electrons. The first-order valence-corrected chi connectivity index (χ1v) is 15.7. The van der Waals surface area contributed by atoms with Crippen molar-refractivity contribution in [3.05, 3.63) is 11.6 Å². The molecule has 4 unspecified atom stereocenters. The third-order valence-corrected chi connectivity index (χ3v) is 12.4. The number of fused-ring (bicyclic) bond motifs is 5. The number of carbonyl (C=O) groups is 3. The Balaban J connectivity index is 1.18. The number of hydrogen-bond acceptors (Lipinski definition) is 10. The first-order chi connectivity index (χ1) is 19.9. The van der Waals surface area contributed by atoms with E-state index in [-0.39, 0.29) is 35.9 Å². The SMILES string of the molecule is COC1CC(O[C@H]2CC[C@]3(C=O)[C@H]4CC[C@]5(C)[C@@H](C6=CC(=O)OC6)CC[C@]5(O)[C@@H]4CC[C@]3(O)C2)OC(C)C1OC(C)=O. The van der Waals surface area contributed by atoms with Gasteiger partial charge in [0.05, 0.1) is 28.8 Å². The number of hydrogen-bond donors (Lipinski definition) is 2. The van der Waals surface area contributed by atoms with Crippen LogP contribution in [-0.2, 0) is 38.1 Å². The molecule has 0 bridgehead atoms. The van der Waals surface area contributed by atoms with E-state index in [0.29, 0.717) is 51.6 Å². The van der Waals surface area contributed by atoms with Gasteiger partial charge in [0, 0.05) is 38.4 Å². The van der Waals surface area contributed by atoms with Crippen LogP contribution >= 0.6 is 0 Å². The fourth-order valence-electron chi connectivity index (χ4n) is 10.3. The van der Waals surface area contributed by atoms with Gasteiger partial charge in [-0.25, -0.2) is 4.79 Å². The second kappa shape index (κ2) is 10.6. The van der Waals surface area contributed by atoms with Gasteiger partial charge in [-0.15, -0.1) is 0 Å². The van der Waals surface area contributed by atoms with Crippen molar-refractivity contribution in [3.8, 4) is 0 Å². The summed E-state index contributed by atoms with van der Waals surface area (Å²) < 4.78 is 28.7. The standard InChI is InChI=1S/C32H46O10/c1-18-28(41-19(2)34)25(38-4)14-27(40-18)42-21-5-10-30(17-33)23-6-9-29(3)22(20-13-26(35)39-16-20)8-12-32(29,37)24(23)7-11-31(30,36)15-21/h13,17-18,21-25,27-28,36-37H,5-12,14-16H2,1-4H3/t18?,21-,22+,23-,24+,25?,27?,28?,29+,30-,31-,32-/m0/s1. The summed E-state index contributed by atoms with van der Waals surface area (Å²) in [6.45, 7) is 5.63. The molecule has 4 saturated carbocycles. The van der Waals surface area contributed by atoms with Gasteiger partial charge in [0.15, 0.2) is 12.4 Å². The Kier molecular flexibility index (Phi) is 7.65. The van der Waals surface area contributed by atoms with Gasteiger partial charge in [0.1, 0.15) is 19.0 Å². The number of aliphatic hydroxyl groups is 2. The Labute approximate surface area is 247 Å². The molecule has 5 fully saturated rings. The highest BCUT2D eigenvalue weighted by Crippen LogP contribution is 2.70. The summed E-state index contributed by atoms with van der Waals surface area (Å²) in [4.78, 5) is 36.5. The summed E-state index contributed by atoms with van der Waals surface area (Å²) in [5.41, 5.74) is -2.60. The van der Waals surface area contributed by atoms with Crippen LogP contribution in [0.4, 0.5) is 0 Å². The molecule has 0 amide bonds. The van der Waals surface area contributed by atoms with Crippen molar-refractivity contribution in [2.75, 3.05) is 13.7 Å². The highest BCUT2D eigenvalue weighted by Gasteiger charge is 2.71. The van der Waals surface area contributed by atoms with E-state index >= 15 is 0 Å². The van der Waals surface area contributed by atoms with Crippen molar-refractivity contribution in [1.82, 2.24) is 0 Å². The monoisotopic (exact) mass is 590 g/mol. The van der Waals surface area contributed by atoms with E-state index in [9.17, 15) is 24.6 Å². The molecule has 42 heavy (non-hydrogen) atoms. The van der Waals surface area contributed by atoms with Crippen molar-refractivity contribution in [1.29, 1.82) is 0 Å². The summed E-state index contributed by atoms with van der Waals surface area (Å²) in [5, 5.41) is 24.7.